The van der Waals surface area contributed by atoms with Crippen LogP contribution in [0.5, 0.6) is 0 Å². The van der Waals surface area contributed by atoms with Gasteiger partial charge in [0.15, 0.2) is 0 Å². The first-order valence-corrected chi connectivity index (χ1v) is 6.08. The van der Waals surface area contributed by atoms with Crippen LogP contribution < -0.4 is 0 Å². The van der Waals surface area contributed by atoms with E-state index in [9.17, 15) is 13.9 Å². The molecule has 1 nitrogen and oxygen atoms in total. The average Bonchev–Trinajstić information content (AvgIpc) is 2.24. The number of aliphatic hydroxyl groups excluding tert-OH is 1. The number of hydrogen-bond acceptors (Lipinski definition) is 1. The number of rotatable bonds is 4. The van der Waals surface area contributed by atoms with Gasteiger partial charge < -0.3 is 5.11 Å². The van der Waals surface area contributed by atoms with E-state index in [-0.39, 0.29) is 16.0 Å². The van der Waals surface area contributed by atoms with Crippen molar-refractivity contribution in [2.45, 2.75) is 32.8 Å². The zero-order valence-electron chi connectivity index (χ0n) is 9.30. The number of benzene rings is 1. The minimum atomic E-state index is -1.09. The Kier molecular flexibility index (Phi) is 4.87. The lowest BCUT2D eigenvalue weighted by Crippen LogP contribution is -2.08. The molecule has 90 valence electrons. The first-order chi connectivity index (χ1) is 7.47. The van der Waals surface area contributed by atoms with Gasteiger partial charge in [0.25, 0.3) is 0 Å². The highest BCUT2D eigenvalue weighted by Crippen LogP contribution is 2.30. The fraction of sp³-hybridized carbons (Fsp3) is 0.500. The summed E-state index contributed by atoms with van der Waals surface area (Å²) in [5.41, 5.74) is -0.241. The molecule has 1 aromatic rings. The van der Waals surface area contributed by atoms with Crippen LogP contribution >= 0.6 is 15.9 Å². The van der Waals surface area contributed by atoms with E-state index in [1.54, 1.807) is 0 Å². The minimum absolute atomic E-state index is 0.173. The molecule has 0 aliphatic heterocycles. The molecule has 0 spiro atoms. The van der Waals surface area contributed by atoms with E-state index >= 15 is 0 Å². The Labute approximate surface area is 103 Å². The van der Waals surface area contributed by atoms with Gasteiger partial charge in [-0.1, -0.05) is 20.3 Å². The largest absolute Gasteiger partial charge is 0.388 e. The maximum absolute atomic E-state index is 13.6. The Hall–Kier alpha value is -0.480. The van der Waals surface area contributed by atoms with Crippen LogP contribution in [0, 0.1) is 17.6 Å². The van der Waals surface area contributed by atoms with Crippen LogP contribution in [0.2, 0.25) is 0 Å². The number of hydrogen-bond donors (Lipinski definition) is 1. The second-order valence-corrected chi connectivity index (χ2v) is 4.88. The fourth-order valence-electron chi connectivity index (χ4n) is 1.51. The third kappa shape index (κ3) is 3.01. The van der Waals surface area contributed by atoms with Crippen LogP contribution in [0.1, 0.15) is 38.4 Å². The zero-order valence-corrected chi connectivity index (χ0v) is 10.9. The maximum Gasteiger partial charge on any atom is 0.146 e. The summed E-state index contributed by atoms with van der Waals surface area (Å²) >= 11 is 2.98. The molecule has 1 aromatic carbocycles. The predicted molar refractivity (Wildman–Crippen MR) is 63.1 cm³/mol. The molecule has 0 saturated heterocycles. The van der Waals surface area contributed by atoms with Crippen molar-refractivity contribution >= 4 is 15.9 Å². The highest BCUT2D eigenvalue weighted by atomic mass is 79.9. The summed E-state index contributed by atoms with van der Waals surface area (Å²) in [6.45, 7) is 3.92. The first kappa shape index (κ1) is 13.6. The number of halogens is 3. The first-order valence-electron chi connectivity index (χ1n) is 5.28. The fourth-order valence-corrected chi connectivity index (χ4v) is 1.86. The maximum atomic E-state index is 13.6. The monoisotopic (exact) mass is 292 g/mol. The van der Waals surface area contributed by atoms with Crippen LogP contribution in [0.4, 0.5) is 8.78 Å². The molecular formula is C12H15BrF2O. The smallest absolute Gasteiger partial charge is 0.146 e. The van der Waals surface area contributed by atoms with Crippen molar-refractivity contribution in [3.63, 3.8) is 0 Å². The van der Waals surface area contributed by atoms with E-state index in [1.807, 2.05) is 13.8 Å². The summed E-state index contributed by atoms with van der Waals surface area (Å²) in [6, 6.07) is 2.45. The third-order valence-electron chi connectivity index (χ3n) is 2.74. The van der Waals surface area contributed by atoms with E-state index in [0.717, 1.165) is 12.5 Å². The molecule has 0 aliphatic carbocycles. The Morgan fingerprint density at radius 2 is 2.00 bits per heavy atom. The van der Waals surface area contributed by atoms with Gasteiger partial charge in [-0.25, -0.2) is 8.78 Å². The molecule has 4 heteroatoms. The lowest BCUT2D eigenvalue weighted by Gasteiger charge is -2.17. The molecule has 2 atom stereocenters. The van der Waals surface area contributed by atoms with Crippen LogP contribution in [-0.2, 0) is 0 Å². The normalized spacial score (nSPS) is 14.9. The van der Waals surface area contributed by atoms with Crippen LogP contribution in [-0.4, -0.2) is 5.11 Å². The SMILES string of the molecule is CCC(C)CC(O)c1c(F)ccc(Br)c1F. The lowest BCUT2D eigenvalue weighted by atomic mass is 9.96. The standard InChI is InChI=1S/C12H15BrF2O/c1-3-7(2)6-10(16)11-9(14)5-4-8(13)12(11)15/h4-5,7,10,16H,3,6H2,1-2H3. The van der Waals surface area contributed by atoms with E-state index in [4.69, 9.17) is 0 Å². The summed E-state index contributed by atoms with van der Waals surface area (Å²) in [7, 11) is 0. The van der Waals surface area contributed by atoms with E-state index < -0.39 is 17.7 Å². The van der Waals surface area contributed by atoms with Gasteiger partial charge in [-0.3, -0.25) is 0 Å². The molecule has 0 heterocycles. The molecule has 2 unspecified atom stereocenters. The van der Waals surface area contributed by atoms with E-state index in [0.29, 0.717) is 6.42 Å². The molecule has 0 bridgehead atoms. The van der Waals surface area contributed by atoms with E-state index in [1.165, 1.54) is 6.07 Å². The van der Waals surface area contributed by atoms with Crippen molar-refractivity contribution in [3.05, 3.63) is 33.8 Å². The summed E-state index contributed by atoms with van der Waals surface area (Å²) in [6.07, 6.45) is 0.141. The Morgan fingerprint density at radius 1 is 1.38 bits per heavy atom. The molecule has 0 aliphatic rings. The lowest BCUT2D eigenvalue weighted by molar-refractivity contribution is 0.137. The molecule has 0 radical (unpaired) electrons. The number of aliphatic hydroxyl groups is 1. The molecule has 1 rings (SSSR count). The highest BCUT2D eigenvalue weighted by molar-refractivity contribution is 9.10. The second kappa shape index (κ2) is 5.73. The van der Waals surface area contributed by atoms with Crippen LogP contribution in [0.15, 0.2) is 16.6 Å². The summed E-state index contributed by atoms with van der Waals surface area (Å²) in [4.78, 5) is 0. The van der Waals surface area contributed by atoms with Gasteiger partial charge in [-0.05, 0) is 40.4 Å². The zero-order chi connectivity index (χ0) is 12.3. The summed E-state index contributed by atoms with van der Waals surface area (Å²) in [5, 5.41) is 9.81. The van der Waals surface area contributed by atoms with E-state index in [2.05, 4.69) is 15.9 Å². The van der Waals surface area contributed by atoms with Gasteiger partial charge >= 0.3 is 0 Å². The summed E-state index contributed by atoms with van der Waals surface area (Å²) in [5.74, 6) is -1.18. The topological polar surface area (TPSA) is 20.2 Å². The van der Waals surface area contributed by atoms with Crippen LogP contribution in [0.25, 0.3) is 0 Å². The molecule has 0 aromatic heterocycles. The molecule has 1 N–H and O–H groups in total. The van der Waals surface area contributed by atoms with Crippen LogP contribution in [0.3, 0.4) is 0 Å². The Balaban J connectivity index is 2.98. The molecule has 0 saturated carbocycles. The molecule has 0 amide bonds. The quantitative estimate of drug-likeness (QED) is 0.825. The van der Waals surface area contributed by atoms with Crippen molar-refractivity contribution in [1.29, 1.82) is 0 Å². The van der Waals surface area contributed by atoms with Crippen molar-refractivity contribution in [2.24, 2.45) is 5.92 Å². The van der Waals surface area contributed by atoms with Gasteiger partial charge in [-0.2, -0.15) is 0 Å². The van der Waals surface area contributed by atoms with Crippen molar-refractivity contribution in [3.8, 4) is 0 Å². The molecule has 16 heavy (non-hydrogen) atoms. The van der Waals surface area contributed by atoms with Gasteiger partial charge in [-0.15, -0.1) is 0 Å². The molecular weight excluding hydrogens is 278 g/mol. The summed E-state index contributed by atoms with van der Waals surface area (Å²) < 4.78 is 27.2. The van der Waals surface area contributed by atoms with Gasteiger partial charge in [0, 0.05) is 0 Å². The highest BCUT2D eigenvalue weighted by Gasteiger charge is 2.21. The minimum Gasteiger partial charge on any atom is -0.388 e. The molecule has 0 fully saturated rings. The van der Waals surface area contributed by atoms with Gasteiger partial charge in [0.1, 0.15) is 11.6 Å². The van der Waals surface area contributed by atoms with Crippen molar-refractivity contribution < 1.29 is 13.9 Å². The van der Waals surface area contributed by atoms with Crippen molar-refractivity contribution in [1.82, 2.24) is 0 Å². The predicted octanol–water partition coefficient (Wildman–Crippen LogP) is 4.20. The third-order valence-corrected chi connectivity index (χ3v) is 3.35. The average molecular weight is 293 g/mol. The Morgan fingerprint density at radius 3 is 2.56 bits per heavy atom. The van der Waals surface area contributed by atoms with Crippen molar-refractivity contribution in [2.75, 3.05) is 0 Å². The van der Waals surface area contributed by atoms with Gasteiger partial charge in [0.2, 0.25) is 0 Å². The Bertz CT molecular complexity index is 368. The van der Waals surface area contributed by atoms with Gasteiger partial charge in [0.05, 0.1) is 16.1 Å². The second-order valence-electron chi connectivity index (χ2n) is 4.02.